The molecule has 1 fully saturated rings. The number of thiophene rings is 1. The van der Waals surface area contributed by atoms with Gasteiger partial charge in [-0.2, -0.15) is 0 Å². The molecule has 2 aromatic heterocycles. The first kappa shape index (κ1) is 20.5. The van der Waals surface area contributed by atoms with Gasteiger partial charge in [0, 0.05) is 57.2 Å². The van der Waals surface area contributed by atoms with Crippen LogP contribution in [0.2, 0.25) is 0 Å². The average molecular weight is 440 g/mol. The van der Waals surface area contributed by atoms with Crippen molar-refractivity contribution in [3.8, 4) is 5.75 Å². The number of benzene rings is 1. The van der Waals surface area contributed by atoms with Crippen LogP contribution in [0.1, 0.15) is 17.4 Å². The summed E-state index contributed by atoms with van der Waals surface area (Å²) in [7, 11) is 1.72. The molecule has 5 rings (SSSR count). The van der Waals surface area contributed by atoms with Gasteiger partial charge >= 0.3 is 0 Å². The Labute approximate surface area is 186 Å². The van der Waals surface area contributed by atoms with Crippen molar-refractivity contribution in [3.05, 3.63) is 51.4 Å². The molecule has 0 N–H and O–H groups in total. The van der Waals surface area contributed by atoms with Crippen molar-refractivity contribution in [2.75, 3.05) is 51.3 Å². The lowest BCUT2D eigenvalue weighted by molar-refractivity contribution is 0.246. The lowest BCUT2D eigenvalue weighted by Gasteiger charge is -2.36. The van der Waals surface area contributed by atoms with Crippen molar-refractivity contribution in [3.63, 3.8) is 0 Å². The van der Waals surface area contributed by atoms with E-state index in [2.05, 4.69) is 38.7 Å². The predicted octanol–water partition coefficient (Wildman–Crippen LogP) is 2.62. The molecule has 0 spiro atoms. The van der Waals surface area contributed by atoms with Crippen LogP contribution in [-0.4, -0.2) is 65.7 Å². The Balaban J connectivity index is 1.24. The highest BCUT2D eigenvalue weighted by atomic mass is 32.1. The number of methoxy groups -OCH3 is 1. The maximum Gasteiger partial charge on any atom is 0.262 e. The number of aromatic nitrogens is 2. The van der Waals surface area contributed by atoms with Gasteiger partial charge in [0.15, 0.2) is 0 Å². The summed E-state index contributed by atoms with van der Waals surface area (Å²) in [6, 6.07) is 8.19. The topological polar surface area (TPSA) is 53.8 Å². The van der Waals surface area contributed by atoms with E-state index in [1.165, 1.54) is 10.4 Å². The number of rotatable bonds is 6. The Morgan fingerprint density at radius 3 is 2.65 bits per heavy atom. The molecule has 31 heavy (non-hydrogen) atoms. The molecule has 2 aliphatic heterocycles. The molecule has 0 amide bonds. The lowest BCUT2D eigenvalue weighted by Crippen LogP contribution is -2.47. The fourth-order valence-electron chi connectivity index (χ4n) is 4.64. The number of hydrogen-bond donors (Lipinski definition) is 0. The van der Waals surface area contributed by atoms with Crippen LogP contribution >= 0.6 is 11.3 Å². The van der Waals surface area contributed by atoms with Gasteiger partial charge in [-0.1, -0.05) is 19.1 Å². The van der Waals surface area contributed by atoms with Gasteiger partial charge in [-0.05, 0) is 24.2 Å². The van der Waals surface area contributed by atoms with Crippen LogP contribution in [0.4, 0.5) is 5.69 Å². The smallest absolute Gasteiger partial charge is 0.262 e. The second kappa shape index (κ2) is 8.61. The Morgan fingerprint density at radius 1 is 1.06 bits per heavy atom. The zero-order valence-electron chi connectivity index (χ0n) is 18.2. The summed E-state index contributed by atoms with van der Waals surface area (Å²) in [6.45, 7) is 10.4. The van der Waals surface area contributed by atoms with Gasteiger partial charge in [0.2, 0.25) is 0 Å². The molecular weight excluding hydrogens is 410 g/mol. The highest BCUT2D eigenvalue weighted by Crippen LogP contribution is 2.34. The minimum Gasteiger partial charge on any atom is -0.495 e. The summed E-state index contributed by atoms with van der Waals surface area (Å²) in [5.74, 6) is 0.923. The van der Waals surface area contributed by atoms with E-state index in [0.29, 0.717) is 6.54 Å². The summed E-state index contributed by atoms with van der Waals surface area (Å²) in [5.41, 5.74) is 2.48. The normalized spacial score (nSPS) is 17.4. The van der Waals surface area contributed by atoms with Gasteiger partial charge in [0.05, 0.1) is 24.5 Å². The number of ether oxygens (including phenoxy) is 1. The SMILES string of the molecule is CCN1Cc2sc3ncn(CCN4CCN(c5ccccc5OC)CC4)c(=O)c3c2C1. The molecule has 0 radical (unpaired) electrons. The van der Waals surface area contributed by atoms with Gasteiger partial charge in [-0.3, -0.25) is 19.2 Å². The van der Waals surface area contributed by atoms with Crippen LogP contribution in [0.25, 0.3) is 10.2 Å². The molecule has 1 saturated heterocycles. The van der Waals surface area contributed by atoms with E-state index < -0.39 is 0 Å². The Hall–Kier alpha value is -2.42. The summed E-state index contributed by atoms with van der Waals surface area (Å²) in [4.78, 5) is 27.2. The molecule has 0 atom stereocenters. The van der Waals surface area contributed by atoms with Crippen molar-refractivity contribution in [1.29, 1.82) is 0 Å². The largest absolute Gasteiger partial charge is 0.495 e. The fraction of sp³-hybridized carbons (Fsp3) is 0.478. The number of nitrogens with zero attached hydrogens (tertiary/aromatic N) is 5. The van der Waals surface area contributed by atoms with Gasteiger partial charge < -0.3 is 9.64 Å². The predicted molar refractivity (Wildman–Crippen MR) is 125 cm³/mol. The molecule has 0 saturated carbocycles. The molecule has 0 unspecified atom stereocenters. The summed E-state index contributed by atoms with van der Waals surface area (Å²) >= 11 is 1.68. The average Bonchev–Trinajstić information content (AvgIpc) is 3.36. The third-order valence-corrected chi connectivity index (χ3v) is 7.64. The van der Waals surface area contributed by atoms with Crippen LogP contribution < -0.4 is 15.2 Å². The molecule has 164 valence electrons. The van der Waals surface area contributed by atoms with Crippen LogP contribution in [0.3, 0.4) is 0 Å². The molecule has 8 heteroatoms. The fourth-order valence-corrected chi connectivity index (χ4v) is 5.82. The van der Waals surface area contributed by atoms with E-state index in [9.17, 15) is 4.79 Å². The number of fused-ring (bicyclic) bond motifs is 3. The highest BCUT2D eigenvalue weighted by Gasteiger charge is 2.26. The lowest BCUT2D eigenvalue weighted by atomic mass is 10.2. The molecule has 2 aliphatic rings. The van der Waals surface area contributed by atoms with Crippen molar-refractivity contribution in [1.82, 2.24) is 19.4 Å². The third-order valence-electron chi connectivity index (χ3n) is 6.51. The van der Waals surface area contributed by atoms with E-state index >= 15 is 0 Å². The molecule has 7 nitrogen and oxygen atoms in total. The third kappa shape index (κ3) is 3.84. The van der Waals surface area contributed by atoms with Crippen LogP contribution in [0, 0.1) is 0 Å². The van der Waals surface area contributed by atoms with Gasteiger partial charge in [-0.25, -0.2) is 4.98 Å². The van der Waals surface area contributed by atoms with Gasteiger partial charge in [-0.15, -0.1) is 11.3 Å². The summed E-state index contributed by atoms with van der Waals surface area (Å²) in [6.07, 6.45) is 1.74. The molecule has 0 aliphatic carbocycles. The molecule has 3 aromatic rings. The van der Waals surface area contributed by atoms with Crippen molar-refractivity contribution >= 4 is 27.2 Å². The minimum atomic E-state index is 0.119. The first-order valence-electron chi connectivity index (χ1n) is 11.0. The Morgan fingerprint density at radius 2 is 1.87 bits per heavy atom. The zero-order chi connectivity index (χ0) is 21.4. The summed E-state index contributed by atoms with van der Waals surface area (Å²) in [5, 5.41) is 0.847. The van der Waals surface area contributed by atoms with Crippen LogP contribution in [-0.2, 0) is 19.6 Å². The summed E-state index contributed by atoms with van der Waals surface area (Å²) < 4.78 is 7.32. The highest BCUT2D eigenvalue weighted by molar-refractivity contribution is 7.18. The first-order chi connectivity index (χ1) is 15.2. The molecule has 1 aromatic carbocycles. The minimum absolute atomic E-state index is 0.119. The monoisotopic (exact) mass is 439 g/mol. The Kier molecular flexibility index (Phi) is 5.69. The van der Waals surface area contributed by atoms with E-state index in [4.69, 9.17) is 4.74 Å². The number of para-hydroxylation sites is 2. The van der Waals surface area contributed by atoms with Crippen LogP contribution in [0.5, 0.6) is 5.75 Å². The first-order valence-corrected chi connectivity index (χ1v) is 11.8. The zero-order valence-corrected chi connectivity index (χ0v) is 19.0. The number of anilines is 1. The van der Waals surface area contributed by atoms with Crippen molar-refractivity contribution < 1.29 is 4.74 Å². The standard InChI is InChI=1S/C23H29N5O2S/c1-3-25-14-17-20(15-25)31-22-21(17)23(29)28(16-24-22)13-10-26-8-11-27(12-9-26)18-6-4-5-7-19(18)30-2/h4-7,16H,3,8-15H2,1-2H3. The van der Waals surface area contributed by atoms with Crippen molar-refractivity contribution in [2.24, 2.45) is 0 Å². The van der Waals surface area contributed by atoms with Crippen LogP contribution in [0.15, 0.2) is 35.4 Å². The quantitative estimate of drug-likeness (QED) is 0.589. The Bertz CT molecular complexity index is 1130. The van der Waals surface area contributed by atoms with Crippen molar-refractivity contribution in [2.45, 2.75) is 26.6 Å². The maximum atomic E-state index is 13.2. The molecule has 4 heterocycles. The maximum absolute atomic E-state index is 13.2. The number of piperazine rings is 1. The van der Waals surface area contributed by atoms with E-state index in [-0.39, 0.29) is 5.56 Å². The van der Waals surface area contributed by atoms with Gasteiger partial charge in [0.1, 0.15) is 10.6 Å². The molecular formula is C23H29N5O2S. The van der Waals surface area contributed by atoms with E-state index in [0.717, 1.165) is 74.0 Å². The van der Waals surface area contributed by atoms with Gasteiger partial charge in [0.25, 0.3) is 5.56 Å². The number of hydrogen-bond acceptors (Lipinski definition) is 7. The van der Waals surface area contributed by atoms with E-state index in [1.807, 2.05) is 12.1 Å². The second-order valence-corrected chi connectivity index (χ2v) is 9.31. The second-order valence-electron chi connectivity index (χ2n) is 8.23. The van der Waals surface area contributed by atoms with E-state index in [1.54, 1.807) is 29.3 Å². The molecule has 0 bridgehead atoms.